The van der Waals surface area contributed by atoms with E-state index in [1.54, 1.807) is 24.3 Å². The van der Waals surface area contributed by atoms with Gasteiger partial charge >= 0.3 is 0 Å². The fraction of sp³-hybridized carbons (Fsp3) is 0.200. The van der Waals surface area contributed by atoms with E-state index in [0.717, 1.165) is 24.2 Å². The van der Waals surface area contributed by atoms with Crippen LogP contribution in [0.3, 0.4) is 0 Å². The molecule has 0 atom stereocenters. The van der Waals surface area contributed by atoms with E-state index in [-0.39, 0.29) is 0 Å². The van der Waals surface area contributed by atoms with Gasteiger partial charge in [0.15, 0.2) is 0 Å². The van der Waals surface area contributed by atoms with Crippen molar-refractivity contribution in [3.8, 4) is 0 Å². The van der Waals surface area contributed by atoms with Gasteiger partial charge in [-0.05, 0) is 42.3 Å². The molecule has 20 heavy (non-hydrogen) atoms. The molecule has 5 heteroatoms. The lowest BCUT2D eigenvalue weighted by Gasteiger charge is -2.09. The lowest BCUT2D eigenvalue weighted by molar-refractivity contribution is 0.601. The summed E-state index contributed by atoms with van der Waals surface area (Å²) in [6, 6.07) is 12.6. The topological polar surface area (TPSA) is 58.2 Å². The van der Waals surface area contributed by atoms with E-state index in [1.807, 2.05) is 25.1 Å². The van der Waals surface area contributed by atoms with Gasteiger partial charge < -0.3 is 5.32 Å². The van der Waals surface area contributed by atoms with Crippen molar-refractivity contribution in [3.05, 3.63) is 59.2 Å². The van der Waals surface area contributed by atoms with Crippen molar-refractivity contribution in [2.75, 3.05) is 4.72 Å². The molecule has 0 bridgehead atoms. The first-order valence-corrected chi connectivity index (χ1v) is 7.95. The summed E-state index contributed by atoms with van der Waals surface area (Å²) in [6.45, 7) is 3.50. The number of hydrogen-bond acceptors (Lipinski definition) is 3. The van der Waals surface area contributed by atoms with Crippen molar-refractivity contribution in [3.63, 3.8) is 0 Å². The van der Waals surface area contributed by atoms with Crippen LogP contribution in [0.15, 0.2) is 47.4 Å². The molecular formula is C15H16N2O2S. The molecule has 0 saturated heterocycles. The molecule has 0 aliphatic carbocycles. The SMILES string of the molecule is Cc1ccc(NS(=O)(=O)c2ccc3c(c2)CNC3)cc1. The summed E-state index contributed by atoms with van der Waals surface area (Å²) in [6.07, 6.45) is 0. The van der Waals surface area contributed by atoms with Gasteiger partial charge in [-0.1, -0.05) is 23.8 Å². The van der Waals surface area contributed by atoms with Crippen LogP contribution < -0.4 is 10.0 Å². The quantitative estimate of drug-likeness (QED) is 0.912. The summed E-state index contributed by atoms with van der Waals surface area (Å²) in [5.74, 6) is 0. The first kappa shape index (κ1) is 13.1. The van der Waals surface area contributed by atoms with Crippen LogP contribution in [0.4, 0.5) is 5.69 Å². The van der Waals surface area contributed by atoms with Crippen LogP contribution >= 0.6 is 0 Å². The third kappa shape index (κ3) is 2.55. The maximum absolute atomic E-state index is 12.4. The lowest BCUT2D eigenvalue weighted by Crippen LogP contribution is -2.13. The molecule has 3 rings (SSSR count). The number of aryl methyl sites for hydroxylation is 1. The number of nitrogens with one attached hydrogen (secondary N) is 2. The zero-order valence-electron chi connectivity index (χ0n) is 11.2. The summed E-state index contributed by atoms with van der Waals surface area (Å²) in [5, 5.41) is 3.21. The van der Waals surface area contributed by atoms with Crippen LogP contribution in [0.5, 0.6) is 0 Å². The molecule has 0 aromatic heterocycles. The van der Waals surface area contributed by atoms with Crippen LogP contribution in [0.25, 0.3) is 0 Å². The minimum Gasteiger partial charge on any atom is -0.309 e. The Morgan fingerprint density at radius 1 is 1.00 bits per heavy atom. The molecule has 0 saturated carbocycles. The highest BCUT2D eigenvalue weighted by Gasteiger charge is 2.18. The van der Waals surface area contributed by atoms with Gasteiger partial charge in [-0.3, -0.25) is 4.72 Å². The van der Waals surface area contributed by atoms with E-state index in [4.69, 9.17) is 0 Å². The minimum absolute atomic E-state index is 0.306. The number of sulfonamides is 1. The van der Waals surface area contributed by atoms with E-state index in [1.165, 1.54) is 5.56 Å². The third-order valence-electron chi connectivity index (χ3n) is 3.42. The lowest BCUT2D eigenvalue weighted by atomic mass is 10.1. The van der Waals surface area contributed by atoms with Gasteiger partial charge in [0.2, 0.25) is 0 Å². The van der Waals surface area contributed by atoms with Crippen LogP contribution in [-0.2, 0) is 23.1 Å². The van der Waals surface area contributed by atoms with Gasteiger partial charge in [0.05, 0.1) is 4.90 Å². The fourth-order valence-corrected chi connectivity index (χ4v) is 3.38. The van der Waals surface area contributed by atoms with Crippen molar-refractivity contribution in [1.29, 1.82) is 0 Å². The third-order valence-corrected chi connectivity index (χ3v) is 4.80. The Hall–Kier alpha value is -1.85. The molecule has 0 radical (unpaired) electrons. The molecule has 0 unspecified atom stereocenters. The standard InChI is InChI=1S/C15H16N2O2S/c1-11-2-5-14(6-3-11)17-20(18,19)15-7-4-12-9-16-10-13(12)8-15/h2-8,16-17H,9-10H2,1H3. The van der Waals surface area contributed by atoms with Crippen LogP contribution in [0.2, 0.25) is 0 Å². The van der Waals surface area contributed by atoms with Gasteiger partial charge in [-0.15, -0.1) is 0 Å². The first-order chi connectivity index (χ1) is 9.54. The van der Waals surface area contributed by atoms with E-state index < -0.39 is 10.0 Å². The van der Waals surface area contributed by atoms with E-state index in [2.05, 4.69) is 10.0 Å². The first-order valence-electron chi connectivity index (χ1n) is 6.47. The van der Waals surface area contributed by atoms with Crippen molar-refractivity contribution in [2.24, 2.45) is 0 Å². The average molecular weight is 288 g/mol. The fourth-order valence-electron chi connectivity index (χ4n) is 2.27. The average Bonchev–Trinajstić information content (AvgIpc) is 2.88. The molecule has 2 aromatic carbocycles. The highest BCUT2D eigenvalue weighted by atomic mass is 32.2. The van der Waals surface area contributed by atoms with Crippen molar-refractivity contribution >= 4 is 15.7 Å². The van der Waals surface area contributed by atoms with E-state index in [0.29, 0.717) is 10.6 Å². The van der Waals surface area contributed by atoms with Crippen LogP contribution in [0, 0.1) is 6.92 Å². The second-order valence-corrected chi connectivity index (χ2v) is 6.69. The summed E-state index contributed by atoms with van der Waals surface area (Å²) in [5.41, 5.74) is 3.89. The minimum atomic E-state index is -3.53. The summed E-state index contributed by atoms with van der Waals surface area (Å²) < 4.78 is 27.3. The Labute approximate surface area is 118 Å². The second kappa shape index (κ2) is 4.92. The van der Waals surface area contributed by atoms with Crippen molar-refractivity contribution in [1.82, 2.24) is 5.32 Å². The number of rotatable bonds is 3. The summed E-state index contributed by atoms with van der Waals surface area (Å²) in [4.78, 5) is 0.306. The van der Waals surface area contributed by atoms with E-state index in [9.17, 15) is 8.42 Å². The molecule has 104 valence electrons. The van der Waals surface area contributed by atoms with Gasteiger partial charge in [-0.25, -0.2) is 8.42 Å². The molecule has 2 aromatic rings. The maximum atomic E-state index is 12.4. The van der Waals surface area contributed by atoms with Gasteiger partial charge in [0.25, 0.3) is 10.0 Å². The molecule has 0 fully saturated rings. The Morgan fingerprint density at radius 3 is 2.45 bits per heavy atom. The largest absolute Gasteiger partial charge is 0.309 e. The highest BCUT2D eigenvalue weighted by Crippen LogP contribution is 2.22. The zero-order chi connectivity index (χ0) is 14.2. The monoisotopic (exact) mass is 288 g/mol. The smallest absolute Gasteiger partial charge is 0.261 e. The van der Waals surface area contributed by atoms with E-state index >= 15 is 0 Å². The molecular weight excluding hydrogens is 272 g/mol. The second-order valence-electron chi connectivity index (χ2n) is 5.01. The summed E-state index contributed by atoms with van der Waals surface area (Å²) in [7, 11) is -3.53. The Bertz CT molecular complexity index is 737. The predicted octanol–water partition coefficient (Wildman–Crippen LogP) is 2.40. The normalized spacial score (nSPS) is 14.1. The van der Waals surface area contributed by atoms with Gasteiger partial charge in [0, 0.05) is 18.8 Å². The molecule has 4 nitrogen and oxygen atoms in total. The van der Waals surface area contributed by atoms with Crippen molar-refractivity contribution < 1.29 is 8.42 Å². The zero-order valence-corrected chi connectivity index (χ0v) is 12.0. The highest BCUT2D eigenvalue weighted by molar-refractivity contribution is 7.92. The molecule has 0 spiro atoms. The molecule has 1 heterocycles. The Morgan fingerprint density at radius 2 is 1.70 bits per heavy atom. The number of anilines is 1. The van der Waals surface area contributed by atoms with Crippen LogP contribution in [0.1, 0.15) is 16.7 Å². The Balaban J connectivity index is 1.90. The number of hydrogen-bond donors (Lipinski definition) is 2. The Kier molecular flexibility index (Phi) is 3.23. The van der Waals surface area contributed by atoms with Gasteiger partial charge in [0.1, 0.15) is 0 Å². The molecule has 2 N–H and O–H groups in total. The van der Waals surface area contributed by atoms with Crippen molar-refractivity contribution in [2.45, 2.75) is 24.9 Å². The predicted molar refractivity (Wildman–Crippen MR) is 79.0 cm³/mol. The molecule has 0 amide bonds. The molecule has 1 aliphatic heterocycles. The number of fused-ring (bicyclic) bond motifs is 1. The number of benzene rings is 2. The van der Waals surface area contributed by atoms with Crippen LogP contribution in [-0.4, -0.2) is 8.42 Å². The molecule has 1 aliphatic rings. The van der Waals surface area contributed by atoms with Gasteiger partial charge in [-0.2, -0.15) is 0 Å². The maximum Gasteiger partial charge on any atom is 0.261 e. The summed E-state index contributed by atoms with van der Waals surface area (Å²) >= 11 is 0.